The Kier molecular flexibility index (Phi) is 4.54. The summed E-state index contributed by atoms with van der Waals surface area (Å²) in [6.45, 7) is 5.88. The summed E-state index contributed by atoms with van der Waals surface area (Å²) in [5.74, 6) is 0.138. The average Bonchev–Trinajstić information content (AvgIpc) is 2.83. The van der Waals surface area contributed by atoms with E-state index in [9.17, 15) is 9.18 Å². The van der Waals surface area contributed by atoms with E-state index in [-0.39, 0.29) is 17.8 Å². The largest absolute Gasteiger partial charge is 0.487 e. The summed E-state index contributed by atoms with van der Waals surface area (Å²) in [6, 6.07) is 4.30. The molecule has 6 heteroatoms. The quantitative estimate of drug-likeness (QED) is 0.926. The molecular formula is C19H24FN3O2. The van der Waals surface area contributed by atoms with Crippen molar-refractivity contribution in [3.05, 3.63) is 47.0 Å². The molecule has 2 aromatic rings. The maximum absolute atomic E-state index is 13.5. The van der Waals surface area contributed by atoms with Gasteiger partial charge in [-0.05, 0) is 38.8 Å². The van der Waals surface area contributed by atoms with Gasteiger partial charge in [-0.3, -0.25) is 9.48 Å². The Morgan fingerprint density at radius 3 is 2.92 bits per heavy atom. The monoisotopic (exact) mass is 345 g/mol. The van der Waals surface area contributed by atoms with E-state index in [0.29, 0.717) is 25.0 Å². The smallest absolute Gasteiger partial charge is 0.220 e. The Bertz CT molecular complexity index is 798. The van der Waals surface area contributed by atoms with Gasteiger partial charge in [0.25, 0.3) is 0 Å². The van der Waals surface area contributed by atoms with Crippen molar-refractivity contribution in [3.63, 3.8) is 0 Å². The number of nitrogens with zero attached hydrogens (tertiary/aromatic N) is 2. The van der Waals surface area contributed by atoms with Crippen molar-refractivity contribution in [2.24, 2.45) is 7.05 Å². The van der Waals surface area contributed by atoms with E-state index >= 15 is 0 Å². The topological polar surface area (TPSA) is 56.1 Å². The number of carbonyl (C=O) groups excluding carboxylic acids is 1. The fraction of sp³-hybridized carbons (Fsp3) is 0.474. The molecule has 0 spiro atoms. The molecule has 25 heavy (non-hydrogen) atoms. The third-order valence-corrected chi connectivity index (χ3v) is 4.73. The lowest BCUT2D eigenvalue weighted by Crippen LogP contribution is -2.41. The number of aryl methyl sites for hydroxylation is 2. The minimum Gasteiger partial charge on any atom is -0.487 e. The number of hydrogen-bond acceptors (Lipinski definition) is 3. The maximum Gasteiger partial charge on any atom is 0.220 e. The van der Waals surface area contributed by atoms with Crippen LogP contribution in [-0.2, 0) is 18.3 Å². The Morgan fingerprint density at radius 2 is 2.24 bits per heavy atom. The van der Waals surface area contributed by atoms with Crippen molar-refractivity contribution in [1.82, 2.24) is 15.1 Å². The third-order valence-electron chi connectivity index (χ3n) is 4.73. The molecule has 1 atom stereocenters. The molecule has 1 aliphatic heterocycles. The first kappa shape index (κ1) is 17.5. The molecule has 2 heterocycles. The number of aromatic nitrogens is 2. The van der Waals surface area contributed by atoms with Gasteiger partial charge in [-0.15, -0.1) is 0 Å². The van der Waals surface area contributed by atoms with Gasteiger partial charge in [0, 0.05) is 37.2 Å². The van der Waals surface area contributed by atoms with Crippen molar-refractivity contribution in [2.75, 3.05) is 0 Å². The van der Waals surface area contributed by atoms with Crippen molar-refractivity contribution in [2.45, 2.75) is 51.7 Å². The normalized spacial score (nSPS) is 18.4. The van der Waals surface area contributed by atoms with E-state index < -0.39 is 5.60 Å². The van der Waals surface area contributed by atoms with E-state index in [1.54, 1.807) is 16.9 Å². The van der Waals surface area contributed by atoms with Crippen LogP contribution >= 0.6 is 0 Å². The highest BCUT2D eigenvalue weighted by Crippen LogP contribution is 2.39. The Morgan fingerprint density at radius 1 is 1.48 bits per heavy atom. The predicted octanol–water partition coefficient (Wildman–Crippen LogP) is 3.22. The van der Waals surface area contributed by atoms with Crippen molar-refractivity contribution in [3.8, 4) is 5.75 Å². The summed E-state index contributed by atoms with van der Waals surface area (Å²) in [6.07, 6.45) is 3.48. The maximum atomic E-state index is 13.5. The van der Waals surface area contributed by atoms with E-state index in [0.717, 1.165) is 16.8 Å². The number of fused-ring (bicyclic) bond motifs is 1. The van der Waals surface area contributed by atoms with Gasteiger partial charge in [-0.2, -0.15) is 5.10 Å². The Balaban J connectivity index is 1.69. The lowest BCUT2D eigenvalue weighted by molar-refractivity contribution is -0.122. The zero-order valence-corrected chi connectivity index (χ0v) is 15.1. The first-order chi connectivity index (χ1) is 11.7. The molecule has 1 N–H and O–H groups in total. The molecule has 3 rings (SSSR count). The summed E-state index contributed by atoms with van der Waals surface area (Å²) in [4.78, 5) is 12.4. The standard InChI is InChI=1S/C19H24FN3O2/c1-12-13(11-21-23(12)4)5-8-18(24)22-16-10-19(2,3)25-17-9-14(20)6-7-15(16)17/h6-7,9,11,16H,5,8,10H2,1-4H3,(H,22,24)/t16-/m1/s1. The first-order valence-corrected chi connectivity index (χ1v) is 8.50. The van der Waals surface area contributed by atoms with Crippen molar-refractivity contribution >= 4 is 5.91 Å². The molecule has 0 bridgehead atoms. The van der Waals surface area contributed by atoms with Crippen LogP contribution < -0.4 is 10.1 Å². The Labute approximate surface area is 147 Å². The summed E-state index contributed by atoms with van der Waals surface area (Å²) >= 11 is 0. The summed E-state index contributed by atoms with van der Waals surface area (Å²) in [7, 11) is 1.89. The summed E-state index contributed by atoms with van der Waals surface area (Å²) in [5.41, 5.74) is 2.51. The van der Waals surface area contributed by atoms with Crippen molar-refractivity contribution < 1.29 is 13.9 Å². The Hall–Kier alpha value is -2.37. The second-order valence-electron chi connectivity index (χ2n) is 7.25. The van der Waals surface area contributed by atoms with Crippen LogP contribution in [0.15, 0.2) is 24.4 Å². The number of amides is 1. The molecule has 0 fully saturated rings. The third kappa shape index (κ3) is 3.83. The number of carbonyl (C=O) groups is 1. The van der Waals surface area contributed by atoms with Gasteiger partial charge in [0.1, 0.15) is 17.2 Å². The summed E-state index contributed by atoms with van der Waals surface area (Å²) in [5, 5.41) is 7.28. The van der Waals surface area contributed by atoms with Crippen LogP contribution in [0.5, 0.6) is 5.75 Å². The van der Waals surface area contributed by atoms with E-state index in [2.05, 4.69) is 10.4 Å². The van der Waals surface area contributed by atoms with Crippen LogP contribution in [0.1, 0.15) is 49.6 Å². The molecule has 5 nitrogen and oxygen atoms in total. The van der Waals surface area contributed by atoms with Gasteiger partial charge in [0.05, 0.1) is 12.2 Å². The predicted molar refractivity (Wildman–Crippen MR) is 92.9 cm³/mol. The molecule has 1 amide bonds. The van der Waals surface area contributed by atoms with Gasteiger partial charge in [0.15, 0.2) is 0 Å². The molecule has 0 radical (unpaired) electrons. The van der Waals surface area contributed by atoms with Gasteiger partial charge >= 0.3 is 0 Å². The van der Waals surface area contributed by atoms with Gasteiger partial charge in [-0.25, -0.2) is 4.39 Å². The van der Waals surface area contributed by atoms with Crippen LogP contribution in [0.3, 0.4) is 0 Å². The molecule has 134 valence electrons. The molecule has 0 unspecified atom stereocenters. The number of rotatable bonds is 4. The minimum absolute atomic E-state index is 0.0266. The molecule has 1 aromatic heterocycles. The van der Waals surface area contributed by atoms with Crippen LogP contribution in [-0.4, -0.2) is 21.3 Å². The SMILES string of the molecule is Cc1c(CCC(=O)N[C@@H]2CC(C)(C)Oc3cc(F)ccc32)cnn1C. The molecule has 0 aliphatic carbocycles. The lowest BCUT2D eigenvalue weighted by atomic mass is 9.89. The highest BCUT2D eigenvalue weighted by atomic mass is 19.1. The van der Waals surface area contributed by atoms with Crippen LogP contribution in [0, 0.1) is 12.7 Å². The number of hydrogen-bond donors (Lipinski definition) is 1. The highest BCUT2D eigenvalue weighted by molar-refractivity contribution is 5.77. The second kappa shape index (κ2) is 6.50. The molecule has 1 aliphatic rings. The van der Waals surface area contributed by atoms with E-state index in [4.69, 9.17) is 4.74 Å². The van der Waals surface area contributed by atoms with Crippen molar-refractivity contribution in [1.29, 1.82) is 0 Å². The molecule has 0 saturated carbocycles. The first-order valence-electron chi connectivity index (χ1n) is 8.50. The highest BCUT2D eigenvalue weighted by Gasteiger charge is 2.34. The van der Waals surface area contributed by atoms with Crippen LogP contribution in [0.25, 0.3) is 0 Å². The number of halogens is 1. The zero-order chi connectivity index (χ0) is 18.2. The fourth-order valence-electron chi connectivity index (χ4n) is 3.26. The second-order valence-corrected chi connectivity index (χ2v) is 7.25. The summed E-state index contributed by atoms with van der Waals surface area (Å²) < 4.78 is 21.2. The molecule has 1 aromatic carbocycles. The minimum atomic E-state index is -0.460. The number of ether oxygens (including phenoxy) is 1. The number of benzene rings is 1. The van der Waals surface area contributed by atoms with E-state index in [1.165, 1.54) is 12.1 Å². The van der Waals surface area contributed by atoms with E-state index in [1.807, 2.05) is 27.8 Å². The zero-order valence-electron chi connectivity index (χ0n) is 15.1. The average molecular weight is 345 g/mol. The fourth-order valence-corrected chi connectivity index (χ4v) is 3.26. The molecular weight excluding hydrogens is 321 g/mol. The lowest BCUT2D eigenvalue weighted by Gasteiger charge is -2.37. The number of nitrogens with one attached hydrogen (secondary N) is 1. The van der Waals surface area contributed by atoms with Crippen LogP contribution in [0.2, 0.25) is 0 Å². The molecule has 0 saturated heterocycles. The van der Waals surface area contributed by atoms with Gasteiger partial charge in [-0.1, -0.05) is 6.07 Å². The van der Waals surface area contributed by atoms with Gasteiger partial charge in [0.2, 0.25) is 5.91 Å². The van der Waals surface area contributed by atoms with Crippen LogP contribution in [0.4, 0.5) is 4.39 Å². The van der Waals surface area contributed by atoms with Gasteiger partial charge < -0.3 is 10.1 Å².